The van der Waals surface area contributed by atoms with Crippen molar-refractivity contribution in [1.82, 2.24) is 5.32 Å². The topological polar surface area (TPSA) is 15.3 Å². The number of hydrogen-bond acceptors (Lipinski definition) is 2. The van der Waals surface area contributed by atoms with Crippen LogP contribution in [0.25, 0.3) is 0 Å². The summed E-state index contributed by atoms with van der Waals surface area (Å²) in [7, 11) is 2.11. The molecule has 2 atom stereocenters. The van der Waals surface area contributed by atoms with Gasteiger partial charge in [0.15, 0.2) is 0 Å². The maximum atomic E-state index is 14.0. The molecule has 2 nitrogen and oxygen atoms in total. The molecule has 1 aromatic carbocycles. The molecule has 0 saturated carbocycles. The summed E-state index contributed by atoms with van der Waals surface area (Å²) in [6.07, 6.45) is 1.13. The molecule has 1 N–H and O–H groups in total. The zero-order chi connectivity index (χ0) is 16.2. The van der Waals surface area contributed by atoms with E-state index in [1.807, 2.05) is 13.0 Å². The average Bonchev–Trinajstić information content (AvgIpc) is 2.40. The van der Waals surface area contributed by atoms with Crippen LogP contribution in [0.15, 0.2) is 12.1 Å². The van der Waals surface area contributed by atoms with Crippen molar-refractivity contribution in [1.29, 1.82) is 0 Å². The van der Waals surface area contributed by atoms with Gasteiger partial charge >= 0.3 is 0 Å². The highest BCUT2D eigenvalue weighted by atomic mass is 19.1. The van der Waals surface area contributed by atoms with Crippen LogP contribution in [0.4, 0.5) is 10.1 Å². The number of hydrogen-bond donors (Lipinski definition) is 1. The Morgan fingerprint density at radius 1 is 1.19 bits per heavy atom. The van der Waals surface area contributed by atoms with Gasteiger partial charge in [-0.1, -0.05) is 20.8 Å². The van der Waals surface area contributed by atoms with Crippen molar-refractivity contribution in [2.24, 2.45) is 5.92 Å². The first-order valence-electron chi connectivity index (χ1n) is 8.04. The fourth-order valence-electron chi connectivity index (χ4n) is 2.83. The molecular weight excluding hydrogens is 263 g/mol. The largest absolute Gasteiger partial charge is 0.372 e. The Bertz CT molecular complexity index is 457. The van der Waals surface area contributed by atoms with E-state index in [1.54, 1.807) is 6.07 Å². The van der Waals surface area contributed by atoms with Crippen LogP contribution in [0.3, 0.4) is 0 Å². The molecule has 0 amide bonds. The van der Waals surface area contributed by atoms with E-state index < -0.39 is 0 Å². The maximum absolute atomic E-state index is 14.0. The fourth-order valence-corrected chi connectivity index (χ4v) is 2.83. The summed E-state index contributed by atoms with van der Waals surface area (Å²) in [6.45, 7) is 13.6. The molecule has 2 unspecified atom stereocenters. The molecule has 0 aromatic heterocycles. The number of halogens is 1. The van der Waals surface area contributed by atoms with E-state index in [0.717, 1.165) is 24.2 Å². The van der Waals surface area contributed by atoms with Gasteiger partial charge in [0.25, 0.3) is 0 Å². The summed E-state index contributed by atoms with van der Waals surface area (Å²) in [5, 5.41) is 3.39. The number of anilines is 1. The highest BCUT2D eigenvalue weighted by Crippen LogP contribution is 2.30. The van der Waals surface area contributed by atoms with Crippen LogP contribution in [-0.2, 0) is 0 Å². The van der Waals surface area contributed by atoms with E-state index >= 15 is 0 Å². The molecule has 21 heavy (non-hydrogen) atoms. The maximum Gasteiger partial charge on any atom is 0.126 e. The van der Waals surface area contributed by atoms with Gasteiger partial charge in [-0.2, -0.15) is 0 Å². The molecule has 0 radical (unpaired) electrons. The van der Waals surface area contributed by atoms with Crippen molar-refractivity contribution in [2.75, 3.05) is 18.5 Å². The van der Waals surface area contributed by atoms with Crippen LogP contribution in [0.2, 0.25) is 0 Å². The normalized spacial score (nSPS) is 14.3. The predicted molar refractivity (Wildman–Crippen MR) is 90.5 cm³/mol. The first kappa shape index (κ1) is 18.0. The second kappa shape index (κ2) is 7.79. The lowest BCUT2D eigenvalue weighted by atomic mass is 9.99. The van der Waals surface area contributed by atoms with E-state index in [-0.39, 0.29) is 11.9 Å². The highest BCUT2D eigenvalue weighted by molar-refractivity contribution is 5.57. The van der Waals surface area contributed by atoms with Gasteiger partial charge in [-0.3, -0.25) is 0 Å². The van der Waals surface area contributed by atoms with Gasteiger partial charge in [-0.25, -0.2) is 4.39 Å². The van der Waals surface area contributed by atoms with E-state index in [0.29, 0.717) is 17.5 Å². The quantitative estimate of drug-likeness (QED) is 0.786. The van der Waals surface area contributed by atoms with Gasteiger partial charge in [-0.05, 0) is 62.9 Å². The molecule has 0 aliphatic carbocycles. The third-order valence-electron chi connectivity index (χ3n) is 4.14. The smallest absolute Gasteiger partial charge is 0.126 e. The lowest BCUT2D eigenvalue weighted by Crippen LogP contribution is -2.32. The van der Waals surface area contributed by atoms with Crippen LogP contribution < -0.4 is 10.2 Å². The van der Waals surface area contributed by atoms with E-state index in [9.17, 15) is 4.39 Å². The Morgan fingerprint density at radius 2 is 1.81 bits per heavy atom. The lowest BCUT2D eigenvalue weighted by Gasteiger charge is -2.32. The zero-order valence-electron chi connectivity index (χ0n) is 14.6. The summed E-state index contributed by atoms with van der Waals surface area (Å²) < 4.78 is 14.0. The average molecular weight is 294 g/mol. The second-order valence-corrected chi connectivity index (χ2v) is 6.53. The van der Waals surface area contributed by atoms with Gasteiger partial charge in [0.1, 0.15) is 5.82 Å². The van der Waals surface area contributed by atoms with Crippen molar-refractivity contribution in [2.45, 2.75) is 60.0 Å². The second-order valence-electron chi connectivity index (χ2n) is 6.53. The minimum absolute atomic E-state index is 0.122. The number of rotatable bonds is 7. The summed E-state index contributed by atoms with van der Waals surface area (Å²) >= 11 is 0. The Labute approximate surface area is 129 Å². The monoisotopic (exact) mass is 294 g/mol. The third kappa shape index (κ3) is 4.70. The molecule has 0 bridgehead atoms. The van der Waals surface area contributed by atoms with Crippen LogP contribution in [0.1, 0.15) is 58.2 Å². The molecule has 0 aliphatic rings. The number of aryl methyl sites for hydroxylation is 1. The summed E-state index contributed by atoms with van der Waals surface area (Å²) in [5.41, 5.74) is 2.88. The van der Waals surface area contributed by atoms with Crippen molar-refractivity contribution in [3.8, 4) is 0 Å². The molecule has 0 spiro atoms. The van der Waals surface area contributed by atoms with Crippen LogP contribution >= 0.6 is 0 Å². The van der Waals surface area contributed by atoms with Crippen LogP contribution in [-0.4, -0.2) is 19.6 Å². The summed E-state index contributed by atoms with van der Waals surface area (Å²) in [4.78, 5) is 2.29. The van der Waals surface area contributed by atoms with Crippen molar-refractivity contribution in [3.05, 3.63) is 29.1 Å². The standard InChI is InChI=1S/C18H31FN2/c1-8-20-15(6)16-11-17(19)13(4)10-18(16)21(7)14(5)9-12(2)3/h10-12,14-15,20H,8-9H2,1-7H3. The Balaban J connectivity index is 3.16. The van der Waals surface area contributed by atoms with E-state index in [2.05, 4.69) is 51.9 Å². The number of nitrogens with one attached hydrogen (secondary N) is 1. The predicted octanol–water partition coefficient (Wildman–Crippen LogP) is 4.68. The minimum Gasteiger partial charge on any atom is -0.372 e. The molecule has 120 valence electrons. The van der Waals surface area contributed by atoms with Gasteiger partial charge in [0.2, 0.25) is 0 Å². The molecular formula is C18H31FN2. The lowest BCUT2D eigenvalue weighted by molar-refractivity contribution is 0.500. The molecule has 1 aromatic rings. The number of benzene rings is 1. The fraction of sp³-hybridized carbons (Fsp3) is 0.667. The van der Waals surface area contributed by atoms with E-state index in [1.165, 1.54) is 0 Å². The van der Waals surface area contributed by atoms with Gasteiger partial charge in [0, 0.05) is 24.8 Å². The van der Waals surface area contributed by atoms with Crippen molar-refractivity contribution >= 4 is 5.69 Å². The first-order valence-corrected chi connectivity index (χ1v) is 8.04. The minimum atomic E-state index is -0.122. The molecule has 3 heteroatoms. The first-order chi connectivity index (χ1) is 9.77. The Morgan fingerprint density at radius 3 is 2.33 bits per heavy atom. The SMILES string of the molecule is CCNC(C)c1cc(F)c(C)cc1N(C)C(C)CC(C)C. The molecule has 1 rings (SSSR count). The summed E-state index contributed by atoms with van der Waals surface area (Å²) in [5.74, 6) is 0.530. The van der Waals surface area contributed by atoms with Gasteiger partial charge in [-0.15, -0.1) is 0 Å². The zero-order valence-corrected chi connectivity index (χ0v) is 14.6. The Kier molecular flexibility index (Phi) is 6.66. The molecule has 0 fully saturated rings. The highest BCUT2D eigenvalue weighted by Gasteiger charge is 2.19. The molecule has 0 heterocycles. The van der Waals surface area contributed by atoms with Gasteiger partial charge < -0.3 is 10.2 Å². The third-order valence-corrected chi connectivity index (χ3v) is 4.14. The number of nitrogens with zero attached hydrogens (tertiary/aromatic N) is 1. The van der Waals surface area contributed by atoms with Crippen molar-refractivity contribution in [3.63, 3.8) is 0 Å². The van der Waals surface area contributed by atoms with Crippen molar-refractivity contribution < 1.29 is 4.39 Å². The summed E-state index contributed by atoms with van der Waals surface area (Å²) in [6, 6.07) is 4.25. The van der Waals surface area contributed by atoms with Crippen LogP contribution in [0, 0.1) is 18.7 Å². The Hall–Kier alpha value is -1.09. The molecule has 0 saturated heterocycles. The van der Waals surface area contributed by atoms with E-state index in [4.69, 9.17) is 0 Å². The van der Waals surface area contributed by atoms with Gasteiger partial charge in [0.05, 0.1) is 0 Å². The van der Waals surface area contributed by atoms with Crippen LogP contribution in [0.5, 0.6) is 0 Å². The molecule has 0 aliphatic heterocycles.